The van der Waals surface area contributed by atoms with Crippen LogP contribution >= 0.6 is 0 Å². The van der Waals surface area contributed by atoms with Crippen molar-refractivity contribution in [1.82, 2.24) is 4.98 Å². The first-order valence-electron chi connectivity index (χ1n) is 8.88. The highest BCUT2D eigenvalue weighted by atomic mass is 16.5. The number of fused-ring (bicyclic) bond motifs is 2. The van der Waals surface area contributed by atoms with Crippen molar-refractivity contribution in [3.63, 3.8) is 0 Å². The van der Waals surface area contributed by atoms with Gasteiger partial charge in [-0.3, -0.25) is 4.79 Å². The Morgan fingerprint density at radius 1 is 1.20 bits per heavy atom. The second-order valence-electron chi connectivity index (χ2n) is 6.41. The van der Waals surface area contributed by atoms with Crippen molar-refractivity contribution in [1.29, 1.82) is 0 Å². The summed E-state index contributed by atoms with van der Waals surface area (Å²) >= 11 is 0. The molecule has 0 radical (unpaired) electrons. The van der Waals surface area contributed by atoms with Gasteiger partial charge >= 0.3 is 5.97 Å². The quantitative estimate of drug-likeness (QED) is 0.700. The second kappa shape index (κ2) is 6.63. The van der Waals surface area contributed by atoms with Gasteiger partial charge in [-0.15, -0.1) is 0 Å². The molecule has 0 bridgehead atoms. The van der Waals surface area contributed by atoms with Crippen molar-refractivity contribution >= 4 is 22.6 Å². The first-order valence-corrected chi connectivity index (χ1v) is 8.88. The molecule has 1 aliphatic rings. The maximum absolute atomic E-state index is 12.1. The number of hydrogen-bond donors (Lipinski definition) is 2. The molecule has 0 amide bonds. The van der Waals surface area contributed by atoms with Gasteiger partial charge in [0.25, 0.3) is 0 Å². The number of esters is 1. The van der Waals surface area contributed by atoms with E-state index < -0.39 is 0 Å². The Bertz CT molecular complexity index is 927. The molecule has 2 N–H and O–H groups in total. The third-order valence-electron chi connectivity index (χ3n) is 4.75. The number of carbonyl (C=O) groups is 1. The Labute approximate surface area is 147 Å². The smallest absolute Gasteiger partial charge is 0.311 e. The monoisotopic (exact) mass is 334 g/mol. The van der Waals surface area contributed by atoms with Crippen LogP contribution < -0.4 is 5.32 Å². The Balaban J connectivity index is 1.83. The van der Waals surface area contributed by atoms with E-state index in [1.165, 1.54) is 17.7 Å². The van der Waals surface area contributed by atoms with Crippen molar-refractivity contribution in [2.24, 2.45) is 0 Å². The van der Waals surface area contributed by atoms with Gasteiger partial charge < -0.3 is 15.0 Å². The summed E-state index contributed by atoms with van der Waals surface area (Å²) in [6.07, 6.45) is 2.54. The van der Waals surface area contributed by atoms with E-state index in [9.17, 15) is 4.79 Å². The van der Waals surface area contributed by atoms with Crippen LogP contribution in [0.3, 0.4) is 0 Å². The van der Waals surface area contributed by atoms with Gasteiger partial charge in [-0.2, -0.15) is 0 Å². The Morgan fingerprint density at radius 3 is 2.96 bits per heavy atom. The van der Waals surface area contributed by atoms with Crippen molar-refractivity contribution in [2.75, 3.05) is 18.5 Å². The largest absolute Gasteiger partial charge is 0.466 e. The predicted molar refractivity (Wildman–Crippen MR) is 101 cm³/mol. The highest BCUT2D eigenvalue weighted by molar-refractivity contribution is 5.99. The Hall–Kier alpha value is -2.75. The summed E-state index contributed by atoms with van der Waals surface area (Å²) in [7, 11) is 0. The number of carbonyl (C=O) groups excluding carboxylic acids is 1. The molecule has 2 heterocycles. The molecule has 0 saturated carbocycles. The van der Waals surface area contributed by atoms with Crippen LogP contribution in [-0.4, -0.2) is 24.1 Å². The normalized spacial score (nSPS) is 13.3. The van der Waals surface area contributed by atoms with Crippen molar-refractivity contribution in [3.05, 3.63) is 53.7 Å². The molecule has 2 aromatic carbocycles. The molecule has 0 spiro atoms. The van der Waals surface area contributed by atoms with Gasteiger partial charge in [0.1, 0.15) is 0 Å². The highest BCUT2D eigenvalue weighted by Crippen LogP contribution is 2.36. The number of rotatable bonds is 4. The molecule has 0 saturated heterocycles. The second-order valence-corrected chi connectivity index (χ2v) is 6.41. The van der Waals surface area contributed by atoms with Crippen LogP contribution in [0.15, 0.2) is 42.5 Å². The first-order chi connectivity index (χ1) is 12.3. The topological polar surface area (TPSA) is 54.1 Å². The van der Waals surface area contributed by atoms with E-state index in [-0.39, 0.29) is 12.4 Å². The zero-order valence-corrected chi connectivity index (χ0v) is 14.4. The number of nitrogens with one attached hydrogen (secondary N) is 2. The average Bonchev–Trinajstić information content (AvgIpc) is 2.99. The van der Waals surface area contributed by atoms with Crippen molar-refractivity contribution in [3.8, 4) is 11.1 Å². The Kier molecular flexibility index (Phi) is 4.18. The number of hydrogen-bond acceptors (Lipinski definition) is 3. The molecule has 25 heavy (non-hydrogen) atoms. The minimum Gasteiger partial charge on any atom is -0.466 e. The lowest BCUT2D eigenvalue weighted by molar-refractivity contribution is -0.142. The fraction of sp³-hybridized carbons (Fsp3) is 0.286. The van der Waals surface area contributed by atoms with Gasteiger partial charge in [-0.1, -0.05) is 30.3 Å². The van der Waals surface area contributed by atoms with E-state index in [0.717, 1.165) is 40.7 Å². The standard InChI is InChI=1S/C21H22N2O2/c1-2-25-20(24)13-19-21(16-7-3-4-8-17(16)23-19)15-10-9-14-6-5-11-22-18(14)12-15/h3-4,7-10,12,22-23H,2,5-6,11,13H2,1H3. The third-order valence-corrected chi connectivity index (χ3v) is 4.75. The minimum atomic E-state index is -0.202. The van der Waals surface area contributed by atoms with Crippen LogP contribution in [0.4, 0.5) is 5.69 Å². The molecule has 1 aromatic heterocycles. The van der Waals surface area contributed by atoms with Gasteiger partial charge in [0.05, 0.1) is 13.0 Å². The maximum Gasteiger partial charge on any atom is 0.311 e. The maximum atomic E-state index is 12.1. The van der Waals surface area contributed by atoms with Gasteiger partial charge in [0, 0.05) is 34.4 Å². The summed E-state index contributed by atoms with van der Waals surface area (Å²) in [5, 5.41) is 4.63. The van der Waals surface area contributed by atoms with E-state index in [0.29, 0.717) is 6.61 Å². The molecule has 3 aromatic rings. The zero-order valence-electron chi connectivity index (χ0n) is 14.4. The van der Waals surface area contributed by atoms with Crippen LogP contribution in [-0.2, 0) is 22.4 Å². The number of aromatic nitrogens is 1. The van der Waals surface area contributed by atoms with E-state index in [1.807, 2.05) is 25.1 Å². The van der Waals surface area contributed by atoms with E-state index in [4.69, 9.17) is 4.74 Å². The van der Waals surface area contributed by atoms with Gasteiger partial charge in [-0.25, -0.2) is 0 Å². The molecule has 0 unspecified atom stereocenters. The molecular weight excluding hydrogens is 312 g/mol. The zero-order chi connectivity index (χ0) is 17.2. The number of aryl methyl sites for hydroxylation is 1. The third kappa shape index (κ3) is 3.00. The molecule has 1 aliphatic heterocycles. The van der Waals surface area contributed by atoms with Gasteiger partial charge in [-0.05, 0) is 43.0 Å². The minimum absolute atomic E-state index is 0.202. The van der Waals surface area contributed by atoms with Crippen LogP contribution in [0, 0.1) is 0 Å². The molecule has 4 rings (SSSR count). The summed E-state index contributed by atoms with van der Waals surface area (Å²) in [4.78, 5) is 15.5. The molecule has 4 nitrogen and oxygen atoms in total. The van der Waals surface area contributed by atoms with Gasteiger partial charge in [0.2, 0.25) is 0 Å². The van der Waals surface area contributed by atoms with Crippen molar-refractivity contribution < 1.29 is 9.53 Å². The lowest BCUT2D eigenvalue weighted by Crippen LogP contribution is -2.11. The first kappa shape index (κ1) is 15.8. The number of anilines is 1. The molecule has 4 heteroatoms. The summed E-state index contributed by atoms with van der Waals surface area (Å²) in [6, 6.07) is 14.8. The Morgan fingerprint density at radius 2 is 2.08 bits per heavy atom. The summed E-state index contributed by atoms with van der Waals surface area (Å²) in [5.41, 5.74) is 6.75. The lowest BCUT2D eigenvalue weighted by Gasteiger charge is -2.19. The van der Waals surface area contributed by atoms with Gasteiger partial charge in [0.15, 0.2) is 0 Å². The summed E-state index contributed by atoms with van der Waals surface area (Å²) in [6.45, 7) is 3.25. The molecule has 128 valence electrons. The van der Waals surface area contributed by atoms with E-state index >= 15 is 0 Å². The van der Waals surface area contributed by atoms with Crippen LogP contribution in [0.1, 0.15) is 24.6 Å². The van der Waals surface area contributed by atoms with E-state index in [1.54, 1.807) is 0 Å². The van der Waals surface area contributed by atoms with E-state index in [2.05, 4.69) is 34.6 Å². The van der Waals surface area contributed by atoms with Crippen molar-refractivity contribution in [2.45, 2.75) is 26.2 Å². The lowest BCUT2D eigenvalue weighted by atomic mass is 9.95. The molecular formula is C21H22N2O2. The number of benzene rings is 2. The number of ether oxygens (including phenoxy) is 1. The summed E-state index contributed by atoms with van der Waals surface area (Å²) in [5.74, 6) is -0.202. The molecule has 0 atom stereocenters. The number of para-hydroxylation sites is 1. The predicted octanol–water partition coefficient (Wildman–Crippen LogP) is 4.30. The van der Waals surface area contributed by atoms with Crippen LogP contribution in [0.25, 0.3) is 22.0 Å². The average molecular weight is 334 g/mol. The SMILES string of the molecule is CCOC(=O)Cc1[nH]c2ccccc2c1-c1ccc2c(c1)NCCC2. The molecule has 0 aliphatic carbocycles. The van der Waals surface area contributed by atoms with Crippen LogP contribution in [0.2, 0.25) is 0 Å². The number of aromatic amines is 1. The highest BCUT2D eigenvalue weighted by Gasteiger charge is 2.18. The van der Waals surface area contributed by atoms with Crippen LogP contribution in [0.5, 0.6) is 0 Å². The summed E-state index contributed by atoms with van der Waals surface area (Å²) < 4.78 is 5.15. The molecule has 0 fully saturated rings. The fourth-order valence-corrected chi connectivity index (χ4v) is 3.63. The number of H-pyrrole nitrogens is 1. The fourth-order valence-electron chi connectivity index (χ4n) is 3.63.